The van der Waals surface area contributed by atoms with Crippen LogP contribution in [-0.2, 0) is 9.59 Å². The molecule has 2 saturated heterocycles. The number of halogens is 1. The second-order valence-corrected chi connectivity index (χ2v) is 7.07. The molecule has 26 heavy (non-hydrogen) atoms. The minimum absolute atomic E-state index is 0. The van der Waals surface area contributed by atoms with Crippen LogP contribution >= 0.6 is 12.4 Å². The van der Waals surface area contributed by atoms with E-state index in [1.54, 1.807) is 0 Å². The maximum absolute atomic E-state index is 11.9. The lowest BCUT2D eigenvalue weighted by Gasteiger charge is -2.45. The van der Waals surface area contributed by atoms with Crippen molar-refractivity contribution in [2.45, 2.75) is 31.7 Å². The molecule has 1 atom stereocenters. The van der Waals surface area contributed by atoms with Crippen LogP contribution in [0.2, 0.25) is 0 Å². The van der Waals surface area contributed by atoms with Crippen LogP contribution in [0.3, 0.4) is 0 Å². The SMILES string of the molecule is Cl.O=C1CCCC(=O)N1CCCN1CCN2c3ccccc3OCC2C1. The average Bonchev–Trinajstić information content (AvgIpc) is 2.64. The van der Waals surface area contributed by atoms with Gasteiger partial charge in [-0.3, -0.25) is 19.4 Å². The van der Waals surface area contributed by atoms with E-state index in [-0.39, 0.29) is 24.2 Å². The van der Waals surface area contributed by atoms with E-state index in [1.807, 2.05) is 12.1 Å². The van der Waals surface area contributed by atoms with Gasteiger partial charge in [-0.2, -0.15) is 0 Å². The van der Waals surface area contributed by atoms with Crippen LogP contribution in [0, 0.1) is 0 Å². The molecule has 0 radical (unpaired) electrons. The first-order chi connectivity index (χ1) is 12.2. The van der Waals surface area contributed by atoms with Crippen LogP contribution in [0.4, 0.5) is 5.69 Å². The number of para-hydroxylation sites is 2. The largest absolute Gasteiger partial charge is 0.489 e. The smallest absolute Gasteiger partial charge is 0.229 e. The van der Waals surface area contributed by atoms with Crippen molar-refractivity contribution in [3.8, 4) is 5.75 Å². The monoisotopic (exact) mass is 379 g/mol. The third-order valence-corrected chi connectivity index (χ3v) is 5.41. The molecular formula is C19H26ClN3O3. The average molecular weight is 380 g/mol. The van der Waals surface area contributed by atoms with Gasteiger partial charge < -0.3 is 9.64 Å². The number of nitrogens with zero attached hydrogens (tertiary/aromatic N) is 3. The van der Waals surface area contributed by atoms with Crippen LogP contribution in [0.5, 0.6) is 5.75 Å². The molecule has 0 aliphatic carbocycles. The van der Waals surface area contributed by atoms with Crippen molar-refractivity contribution in [1.82, 2.24) is 9.80 Å². The highest BCUT2D eigenvalue weighted by molar-refractivity contribution is 5.97. The Hall–Kier alpha value is -1.79. The van der Waals surface area contributed by atoms with Gasteiger partial charge in [0, 0.05) is 39.0 Å². The van der Waals surface area contributed by atoms with E-state index >= 15 is 0 Å². The van der Waals surface area contributed by atoms with E-state index in [4.69, 9.17) is 4.74 Å². The number of rotatable bonds is 4. The standard InChI is InChI=1S/C19H25N3O3.ClH/c23-18-7-3-8-19(24)22(18)10-4-9-20-11-12-21-15(13-20)14-25-17-6-2-1-5-16(17)21;/h1-2,5-6,15H,3-4,7-14H2;1H. The number of amides is 2. The van der Waals surface area contributed by atoms with Gasteiger partial charge in [-0.05, 0) is 31.5 Å². The number of piperazine rings is 1. The van der Waals surface area contributed by atoms with Crippen molar-refractivity contribution in [1.29, 1.82) is 0 Å². The van der Waals surface area contributed by atoms with Gasteiger partial charge in [0.25, 0.3) is 0 Å². The molecule has 0 saturated carbocycles. The number of ether oxygens (including phenoxy) is 1. The Morgan fingerprint density at radius 3 is 2.62 bits per heavy atom. The Bertz CT molecular complexity index is 653. The summed E-state index contributed by atoms with van der Waals surface area (Å²) in [5.74, 6) is 0.978. The van der Waals surface area contributed by atoms with Crippen molar-refractivity contribution < 1.29 is 14.3 Å². The molecule has 1 aromatic rings. The van der Waals surface area contributed by atoms with Crippen molar-refractivity contribution in [3.05, 3.63) is 24.3 Å². The molecule has 4 rings (SSSR count). The van der Waals surface area contributed by atoms with Gasteiger partial charge in [-0.25, -0.2) is 0 Å². The number of fused-ring (bicyclic) bond motifs is 3. The van der Waals surface area contributed by atoms with Crippen molar-refractivity contribution >= 4 is 29.9 Å². The number of carbonyl (C=O) groups is 2. The van der Waals surface area contributed by atoms with E-state index in [2.05, 4.69) is 21.9 Å². The summed E-state index contributed by atoms with van der Waals surface area (Å²) < 4.78 is 5.90. The normalized spacial score (nSPS) is 23.0. The van der Waals surface area contributed by atoms with Gasteiger partial charge in [0.2, 0.25) is 11.8 Å². The fourth-order valence-electron chi connectivity index (χ4n) is 4.09. The third kappa shape index (κ3) is 3.81. The van der Waals surface area contributed by atoms with Gasteiger partial charge in [-0.1, -0.05) is 12.1 Å². The number of hydrogen-bond acceptors (Lipinski definition) is 5. The summed E-state index contributed by atoms with van der Waals surface area (Å²) >= 11 is 0. The number of anilines is 1. The second kappa shape index (κ2) is 8.27. The molecule has 1 aromatic carbocycles. The summed E-state index contributed by atoms with van der Waals surface area (Å²) in [6.07, 6.45) is 2.59. The van der Waals surface area contributed by atoms with Crippen LogP contribution < -0.4 is 9.64 Å². The summed E-state index contributed by atoms with van der Waals surface area (Å²) in [6.45, 7) is 5.16. The Morgan fingerprint density at radius 1 is 1.04 bits per heavy atom. The highest BCUT2D eigenvalue weighted by Crippen LogP contribution is 2.34. The van der Waals surface area contributed by atoms with Gasteiger partial charge >= 0.3 is 0 Å². The minimum Gasteiger partial charge on any atom is -0.489 e. The lowest BCUT2D eigenvalue weighted by Crippen LogP contribution is -2.57. The van der Waals surface area contributed by atoms with E-state index in [0.29, 0.717) is 31.8 Å². The summed E-state index contributed by atoms with van der Waals surface area (Å²) in [6, 6.07) is 8.61. The zero-order valence-electron chi connectivity index (χ0n) is 14.9. The molecule has 0 aromatic heterocycles. The van der Waals surface area contributed by atoms with E-state index in [1.165, 1.54) is 10.6 Å². The summed E-state index contributed by atoms with van der Waals surface area (Å²) in [4.78, 5) is 30.1. The van der Waals surface area contributed by atoms with Crippen molar-refractivity contribution in [2.75, 3.05) is 44.2 Å². The molecule has 0 spiro atoms. The maximum atomic E-state index is 11.9. The van der Waals surface area contributed by atoms with Crippen LogP contribution in [0.25, 0.3) is 0 Å². The number of benzene rings is 1. The quantitative estimate of drug-likeness (QED) is 0.748. The predicted molar refractivity (Wildman–Crippen MR) is 102 cm³/mol. The lowest BCUT2D eigenvalue weighted by atomic mass is 10.1. The topological polar surface area (TPSA) is 53.1 Å². The molecule has 3 aliphatic heterocycles. The molecule has 2 amide bonds. The maximum Gasteiger partial charge on any atom is 0.229 e. The number of likely N-dealkylation sites (tertiary alicyclic amines) is 1. The third-order valence-electron chi connectivity index (χ3n) is 5.41. The lowest BCUT2D eigenvalue weighted by molar-refractivity contribution is -0.148. The highest BCUT2D eigenvalue weighted by atomic mass is 35.5. The van der Waals surface area contributed by atoms with Crippen LogP contribution in [-0.4, -0.2) is 67.0 Å². The molecule has 7 heteroatoms. The number of piperidine rings is 1. The van der Waals surface area contributed by atoms with Crippen molar-refractivity contribution in [2.24, 2.45) is 0 Å². The van der Waals surface area contributed by atoms with E-state index in [0.717, 1.165) is 45.0 Å². The van der Waals surface area contributed by atoms with Gasteiger partial charge in [0.15, 0.2) is 0 Å². The number of hydrogen-bond donors (Lipinski definition) is 0. The molecule has 6 nitrogen and oxygen atoms in total. The Labute approximate surface area is 160 Å². The Balaban J connectivity index is 0.00000196. The molecule has 0 N–H and O–H groups in total. The first kappa shape index (κ1) is 19.0. The first-order valence-corrected chi connectivity index (χ1v) is 9.26. The number of carbonyl (C=O) groups excluding carboxylic acids is 2. The zero-order valence-corrected chi connectivity index (χ0v) is 15.7. The van der Waals surface area contributed by atoms with Gasteiger partial charge in [-0.15, -0.1) is 12.4 Å². The fourth-order valence-corrected chi connectivity index (χ4v) is 4.09. The summed E-state index contributed by atoms with van der Waals surface area (Å²) in [5.41, 5.74) is 1.20. The molecule has 1 unspecified atom stereocenters. The van der Waals surface area contributed by atoms with Crippen LogP contribution in [0.15, 0.2) is 24.3 Å². The van der Waals surface area contributed by atoms with E-state index in [9.17, 15) is 9.59 Å². The van der Waals surface area contributed by atoms with E-state index < -0.39 is 0 Å². The second-order valence-electron chi connectivity index (χ2n) is 7.07. The van der Waals surface area contributed by atoms with Gasteiger partial charge in [0.1, 0.15) is 12.4 Å². The van der Waals surface area contributed by atoms with Crippen molar-refractivity contribution in [3.63, 3.8) is 0 Å². The molecule has 3 heterocycles. The molecule has 0 bridgehead atoms. The zero-order chi connectivity index (χ0) is 17.2. The first-order valence-electron chi connectivity index (χ1n) is 9.26. The van der Waals surface area contributed by atoms with Gasteiger partial charge in [0.05, 0.1) is 11.7 Å². The Kier molecular flexibility index (Phi) is 6.04. The predicted octanol–water partition coefficient (Wildman–Crippen LogP) is 1.92. The molecule has 142 valence electrons. The highest BCUT2D eigenvalue weighted by Gasteiger charge is 2.32. The molecule has 3 aliphatic rings. The summed E-state index contributed by atoms with van der Waals surface area (Å²) in [5, 5.41) is 0. The minimum atomic E-state index is -0.00152. The molecular weight excluding hydrogens is 354 g/mol. The fraction of sp³-hybridized carbons (Fsp3) is 0.579. The number of imide groups is 1. The Morgan fingerprint density at radius 2 is 1.81 bits per heavy atom. The molecule has 2 fully saturated rings. The van der Waals surface area contributed by atoms with Crippen LogP contribution in [0.1, 0.15) is 25.7 Å². The summed E-state index contributed by atoms with van der Waals surface area (Å²) in [7, 11) is 0.